The zero-order valence-corrected chi connectivity index (χ0v) is 9.69. The second kappa shape index (κ2) is 5.75. The van der Waals surface area contributed by atoms with Gasteiger partial charge in [-0.15, -0.1) is 0 Å². The molecule has 1 unspecified atom stereocenters. The van der Waals surface area contributed by atoms with Crippen molar-refractivity contribution in [2.45, 2.75) is 26.3 Å². The van der Waals surface area contributed by atoms with Gasteiger partial charge >= 0.3 is 0 Å². The van der Waals surface area contributed by atoms with Crippen molar-refractivity contribution in [2.24, 2.45) is 0 Å². The summed E-state index contributed by atoms with van der Waals surface area (Å²) in [6.07, 6.45) is 0.423. The lowest BCUT2D eigenvalue weighted by Crippen LogP contribution is -2.32. The minimum Gasteiger partial charge on any atom is -0.310 e. The van der Waals surface area contributed by atoms with E-state index >= 15 is 0 Å². The van der Waals surface area contributed by atoms with Crippen LogP contribution in [0.5, 0.6) is 0 Å². The Morgan fingerprint density at radius 1 is 1.44 bits per heavy atom. The second-order valence-electron chi connectivity index (χ2n) is 3.87. The Morgan fingerprint density at radius 3 is 2.69 bits per heavy atom. The van der Waals surface area contributed by atoms with Crippen LogP contribution in [-0.4, -0.2) is 12.6 Å². The van der Waals surface area contributed by atoms with Gasteiger partial charge in [0, 0.05) is 6.04 Å². The van der Waals surface area contributed by atoms with Gasteiger partial charge in [0.15, 0.2) is 11.6 Å². The molecule has 0 aliphatic carbocycles. The third-order valence-corrected chi connectivity index (χ3v) is 2.50. The maximum atomic E-state index is 13.4. The van der Waals surface area contributed by atoms with Crippen LogP contribution < -0.4 is 5.32 Å². The van der Waals surface area contributed by atoms with Crippen molar-refractivity contribution in [1.29, 1.82) is 0 Å². The maximum absolute atomic E-state index is 13.4. The quantitative estimate of drug-likeness (QED) is 0.759. The summed E-state index contributed by atoms with van der Waals surface area (Å²) in [5, 5.41) is 3.19. The molecule has 0 saturated heterocycles. The van der Waals surface area contributed by atoms with Crippen molar-refractivity contribution in [3.63, 3.8) is 0 Å². The van der Waals surface area contributed by atoms with E-state index in [2.05, 4.69) is 11.9 Å². The fraction of sp³-hybridized carbons (Fsp3) is 0.385. The number of nitrogens with one attached hydrogen (secondary N) is 1. The fourth-order valence-electron chi connectivity index (χ4n) is 1.59. The summed E-state index contributed by atoms with van der Waals surface area (Å²) in [6.45, 7) is 8.47. The van der Waals surface area contributed by atoms with Crippen LogP contribution >= 0.6 is 0 Å². The van der Waals surface area contributed by atoms with Gasteiger partial charge in [-0.25, -0.2) is 8.78 Å². The summed E-state index contributed by atoms with van der Waals surface area (Å²) in [4.78, 5) is 0. The smallest absolute Gasteiger partial charge is 0.162 e. The molecule has 1 rings (SSSR count). The first-order valence-electron chi connectivity index (χ1n) is 5.38. The Morgan fingerprint density at radius 2 is 2.12 bits per heavy atom. The van der Waals surface area contributed by atoms with Crippen molar-refractivity contribution < 1.29 is 8.78 Å². The number of rotatable bonds is 5. The molecule has 1 aromatic rings. The molecule has 0 aliphatic heterocycles. The van der Waals surface area contributed by atoms with E-state index in [0.29, 0.717) is 12.0 Å². The third-order valence-electron chi connectivity index (χ3n) is 2.50. The van der Waals surface area contributed by atoms with E-state index in [1.807, 2.05) is 13.8 Å². The fourth-order valence-corrected chi connectivity index (χ4v) is 1.59. The standard InChI is InChI=1S/C13H17F2N/c1-4-16-12(9(2)3)8-10-6-5-7-11(14)13(10)15/h5-7,12,16H,2,4,8H2,1,3H3. The highest BCUT2D eigenvalue weighted by atomic mass is 19.2. The van der Waals surface area contributed by atoms with Gasteiger partial charge in [-0.1, -0.05) is 31.2 Å². The summed E-state index contributed by atoms with van der Waals surface area (Å²) in [5.74, 6) is -1.55. The van der Waals surface area contributed by atoms with Gasteiger partial charge in [-0.05, 0) is 31.5 Å². The van der Waals surface area contributed by atoms with E-state index in [1.165, 1.54) is 6.07 Å². The van der Waals surface area contributed by atoms with Gasteiger partial charge in [0.2, 0.25) is 0 Å². The SMILES string of the molecule is C=C(C)C(Cc1cccc(F)c1F)NCC. The minimum atomic E-state index is -0.797. The molecular formula is C13H17F2N. The number of hydrogen-bond acceptors (Lipinski definition) is 1. The first-order valence-corrected chi connectivity index (χ1v) is 5.38. The predicted octanol–water partition coefficient (Wildman–Crippen LogP) is 3.06. The van der Waals surface area contributed by atoms with Gasteiger partial charge < -0.3 is 5.32 Å². The van der Waals surface area contributed by atoms with Gasteiger partial charge in [-0.2, -0.15) is 0 Å². The van der Waals surface area contributed by atoms with Crippen LogP contribution in [0, 0.1) is 11.6 Å². The number of benzene rings is 1. The topological polar surface area (TPSA) is 12.0 Å². The lowest BCUT2D eigenvalue weighted by molar-refractivity contribution is 0.488. The van der Waals surface area contributed by atoms with Crippen LogP contribution in [0.15, 0.2) is 30.4 Å². The highest BCUT2D eigenvalue weighted by Gasteiger charge is 2.13. The molecule has 1 N–H and O–H groups in total. The van der Waals surface area contributed by atoms with Crippen LogP contribution in [0.1, 0.15) is 19.4 Å². The van der Waals surface area contributed by atoms with Crippen molar-refractivity contribution in [3.05, 3.63) is 47.5 Å². The average Bonchev–Trinajstić information content (AvgIpc) is 2.23. The molecule has 0 aromatic heterocycles. The Bertz CT molecular complexity index is 374. The molecule has 3 heteroatoms. The highest BCUT2D eigenvalue weighted by molar-refractivity contribution is 5.22. The molecule has 16 heavy (non-hydrogen) atoms. The third kappa shape index (κ3) is 3.14. The molecule has 0 aliphatic rings. The number of halogens is 2. The molecule has 0 saturated carbocycles. The summed E-state index contributed by atoms with van der Waals surface area (Å²) >= 11 is 0. The normalized spacial score (nSPS) is 12.5. The van der Waals surface area contributed by atoms with Gasteiger partial charge in [0.1, 0.15) is 0 Å². The van der Waals surface area contributed by atoms with Crippen LogP contribution in [-0.2, 0) is 6.42 Å². The van der Waals surface area contributed by atoms with Crippen LogP contribution in [0.3, 0.4) is 0 Å². The molecule has 0 heterocycles. The van der Waals surface area contributed by atoms with Crippen LogP contribution in [0.2, 0.25) is 0 Å². The molecule has 0 spiro atoms. The first-order chi connectivity index (χ1) is 7.56. The predicted molar refractivity (Wildman–Crippen MR) is 62.3 cm³/mol. The molecule has 0 bridgehead atoms. The Kier molecular flexibility index (Phi) is 4.62. The molecule has 0 fully saturated rings. The summed E-state index contributed by atoms with van der Waals surface area (Å²) in [6, 6.07) is 4.24. The molecule has 0 amide bonds. The monoisotopic (exact) mass is 225 g/mol. The minimum absolute atomic E-state index is 0.0127. The van der Waals surface area contributed by atoms with Crippen molar-refractivity contribution in [2.75, 3.05) is 6.54 Å². The lowest BCUT2D eigenvalue weighted by Gasteiger charge is -2.18. The summed E-state index contributed by atoms with van der Waals surface area (Å²) in [5.41, 5.74) is 1.31. The molecule has 1 aromatic carbocycles. The van der Waals surface area contributed by atoms with Crippen molar-refractivity contribution >= 4 is 0 Å². The second-order valence-corrected chi connectivity index (χ2v) is 3.87. The first kappa shape index (κ1) is 12.8. The van der Waals surface area contributed by atoms with E-state index < -0.39 is 11.6 Å². The van der Waals surface area contributed by atoms with Crippen LogP contribution in [0.25, 0.3) is 0 Å². The van der Waals surface area contributed by atoms with Crippen molar-refractivity contribution in [3.8, 4) is 0 Å². The average molecular weight is 225 g/mol. The Hall–Kier alpha value is -1.22. The zero-order valence-electron chi connectivity index (χ0n) is 9.69. The van der Waals surface area contributed by atoms with Crippen molar-refractivity contribution in [1.82, 2.24) is 5.32 Å². The summed E-state index contributed by atoms with van der Waals surface area (Å²) < 4.78 is 26.4. The number of hydrogen-bond donors (Lipinski definition) is 1. The van der Waals surface area contributed by atoms with E-state index in [1.54, 1.807) is 6.07 Å². The van der Waals surface area contributed by atoms with E-state index in [0.717, 1.165) is 18.2 Å². The molecular weight excluding hydrogens is 208 g/mol. The number of likely N-dealkylation sites (N-methyl/N-ethyl adjacent to an activating group) is 1. The Labute approximate surface area is 95.2 Å². The van der Waals surface area contributed by atoms with Gasteiger partial charge in [0.05, 0.1) is 0 Å². The van der Waals surface area contributed by atoms with Gasteiger partial charge in [-0.3, -0.25) is 0 Å². The molecule has 0 radical (unpaired) electrons. The zero-order chi connectivity index (χ0) is 12.1. The molecule has 1 atom stereocenters. The maximum Gasteiger partial charge on any atom is 0.162 e. The van der Waals surface area contributed by atoms with E-state index in [9.17, 15) is 8.78 Å². The summed E-state index contributed by atoms with van der Waals surface area (Å²) in [7, 11) is 0. The molecule has 88 valence electrons. The largest absolute Gasteiger partial charge is 0.310 e. The molecule has 1 nitrogen and oxygen atoms in total. The highest BCUT2D eigenvalue weighted by Crippen LogP contribution is 2.15. The Balaban J connectivity index is 2.85. The van der Waals surface area contributed by atoms with E-state index in [-0.39, 0.29) is 6.04 Å². The van der Waals surface area contributed by atoms with Crippen LogP contribution in [0.4, 0.5) is 8.78 Å². The van der Waals surface area contributed by atoms with Gasteiger partial charge in [0.25, 0.3) is 0 Å². The van der Waals surface area contributed by atoms with E-state index in [4.69, 9.17) is 0 Å². The lowest BCUT2D eigenvalue weighted by atomic mass is 10.0.